The van der Waals surface area contributed by atoms with Crippen LogP contribution in [-0.2, 0) is 16.0 Å². The highest BCUT2D eigenvalue weighted by Crippen LogP contribution is 2.28. The molecule has 2 rings (SSSR count). The maximum absolute atomic E-state index is 11.3. The van der Waals surface area contributed by atoms with Crippen LogP contribution in [0.25, 0.3) is 0 Å². The lowest BCUT2D eigenvalue weighted by molar-refractivity contribution is -0.138. The van der Waals surface area contributed by atoms with Crippen LogP contribution in [0.2, 0.25) is 0 Å². The molecular formula is C12H16N2O2. The van der Waals surface area contributed by atoms with E-state index >= 15 is 0 Å². The van der Waals surface area contributed by atoms with Crippen LogP contribution < -0.4 is 10.6 Å². The zero-order valence-electron chi connectivity index (χ0n) is 9.40. The Morgan fingerprint density at radius 2 is 2.38 bits per heavy atom. The van der Waals surface area contributed by atoms with Gasteiger partial charge in [0, 0.05) is 17.9 Å². The topological polar surface area (TPSA) is 55.6 Å². The van der Waals surface area contributed by atoms with Gasteiger partial charge in [0.2, 0.25) is 0 Å². The molecule has 1 aromatic rings. The van der Waals surface area contributed by atoms with E-state index in [0.29, 0.717) is 6.54 Å². The number of ether oxygens (including phenoxy) is 1. The van der Waals surface area contributed by atoms with Gasteiger partial charge >= 0.3 is 5.97 Å². The Labute approximate surface area is 95.0 Å². The van der Waals surface area contributed by atoms with E-state index in [1.165, 1.54) is 12.7 Å². The molecule has 0 bridgehead atoms. The second-order valence-corrected chi connectivity index (χ2v) is 3.99. The molecule has 1 aromatic carbocycles. The number of carbonyl (C=O) groups is 1. The summed E-state index contributed by atoms with van der Waals surface area (Å²) in [6, 6.07) is 5.87. The molecule has 0 radical (unpaired) electrons. The van der Waals surface area contributed by atoms with Gasteiger partial charge in [0.15, 0.2) is 0 Å². The molecule has 0 aliphatic carbocycles. The van der Waals surface area contributed by atoms with Crippen molar-refractivity contribution < 1.29 is 9.53 Å². The molecule has 0 saturated carbocycles. The van der Waals surface area contributed by atoms with Gasteiger partial charge in [-0.2, -0.15) is 0 Å². The van der Waals surface area contributed by atoms with Gasteiger partial charge in [0.25, 0.3) is 0 Å². The quantitative estimate of drug-likeness (QED) is 0.601. The number of carbonyl (C=O) groups excluding carboxylic acids is 1. The molecule has 4 heteroatoms. The fraction of sp³-hybridized carbons (Fsp3) is 0.417. The molecule has 0 atom stereocenters. The SMILES string of the molecule is COC(=O)CN1CCCc2ccc(N)cc21. The van der Waals surface area contributed by atoms with Gasteiger partial charge in [0.05, 0.1) is 7.11 Å². The second-order valence-electron chi connectivity index (χ2n) is 3.99. The highest BCUT2D eigenvalue weighted by molar-refractivity contribution is 5.77. The highest BCUT2D eigenvalue weighted by atomic mass is 16.5. The standard InChI is InChI=1S/C12H16N2O2/c1-16-12(15)8-14-6-2-3-9-4-5-10(13)7-11(9)14/h4-5,7H,2-3,6,8,13H2,1H3. The number of anilines is 2. The Morgan fingerprint density at radius 1 is 1.56 bits per heavy atom. The monoisotopic (exact) mass is 220 g/mol. The molecule has 0 amide bonds. The van der Waals surface area contributed by atoms with Crippen molar-refractivity contribution in [2.45, 2.75) is 12.8 Å². The Balaban J connectivity index is 2.24. The Kier molecular flexibility index (Phi) is 2.99. The number of hydrogen-bond acceptors (Lipinski definition) is 4. The van der Waals surface area contributed by atoms with Crippen molar-refractivity contribution in [1.82, 2.24) is 0 Å². The van der Waals surface area contributed by atoms with Gasteiger partial charge in [-0.1, -0.05) is 6.07 Å². The normalized spacial score (nSPS) is 14.4. The zero-order valence-corrected chi connectivity index (χ0v) is 9.40. The summed E-state index contributed by atoms with van der Waals surface area (Å²) < 4.78 is 4.69. The zero-order chi connectivity index (χ0) is 11.5. The van der Waals surface area contributed by atoms with Crippen LogP contribution in [0.1, 0.15) is 12.0 Å². The Bertz CT molecular complexity index is 404. The number of rotatable bonds is 2. The third-order valence-corrected chi connectivity index (χ3v) is 2.87. The molecule has 16 heavy (non-hydrogen) atoms. The number of aryl methyl sites for hydroxylation is 1. The average molecular weight is 220 g/mol. The van der Waals surface area contributed by atoms with Crippen LogP contribution in [0.4, 0.5) is 11.4 Å². The predicted octanol–water partition coefficient (Wildman–Crippen LogP) is 1.19. The van der Waals surface area contributed by atoms with E-state index < -0.39 is 0 Å². The van der Waals surface area contributed by atoms with E-state index in [1.807, 2.05) is 23.1 Å². The smallest absolute Gasteiger partial charge is 0.325 e. The maximum atomic E-state index is 11.3. The third-order valence-electron chi connectivity index (χ3n) is 2.87. The first-order chi connectivity index (χ1) is 7.70. The maximum Gasteiger partial charge on any atom is 0.325 e. The van der Waals surface area contributed by atoms with Crippen LogP contribution in [0.15, 0.2) is 18.2 Å². The molecule has 0 spiro atoms. The molecule has 0 aromatic heterocycles. The Morgan fingerprint density at radius 3 is 3.12 bits per heavy atom. The predicted molar refractivity (Wildman–Crippen MR) is 63.4 cm³/mol. The summed E-state index contributed by atoms with van der Waals surface area (Å²) in [5.74, 6) is -0.213. The van der Waals surface area contributed by atoms with Crippen molar-refractivity contribution in [3.05, 3.63) is 23.8 Å². The number of hydrogen-bond donors (Lipinski definition) is 1. The molecule has 4 nitrogen and oxygen atoms in total. The van der Waals surface area contributed by atoms with Crippen LogP contribution >= 0.6 is 0 Å². The minimum absolute atomic E-state index is 0.213. The lowest BCUT2D eigenvalue weighted by atomic mass is 10.0. The summed E-state index contributed by atoms with van der Waals surface area (Å²) in [6.45, 7) is 1.18. The van der Waals surface area contributed by atoms with Gasteiger partial charge in [-0.3, -0.25) is 4.79 Å². The minimum Gasteiger partial charge on any atom is -0.468 e. The van der Waals surface area contributed by atoms with Crippen molar-refractivity contribution in [3.8, 4) is 0 Å². The summed E-state index contributed by atoms with van der Waals surface area (Å²) in [6.07, 6.45) is 2.11. The summed E-state index contributed by atoms with van der Waals surface area (Å²) >= 11 is 0. The van der Waals surface area contributed by atoms with Gasteiger partial charge in [-0.25, -0.2) is 0 Å². The number of nitrogen functional groups attached to an aromatic ring is 1. The molecule has 1 aliphatic heterocycles. The van der Waals surface area contributed by atoms with E-state index in [2.05, 4.69) is 4.74 Å². The second kappa shape index (κ2) is 4.43. The lowest BCUT2D eigenvalue weighted by Gasteiger charge is -2.30. The third kappa shape index (κ3) is 2.10. The van der Waals surface area contributed by atoms with Crippen molar-refractivity contribution in [3.63, 3.8) is 0 Å². The molecule has 0 fully saturated rings. The van der Waals surface area contributed by atoms with Crippen molar-refractivity contribution in [2.24, 2.45) is 0 Å². The fourth-order valence-electron chi connectivity index (χ4n) is 2.05. The number of methoxy groups -OCH3 is 1. The number of benzene rings is 1. The fourth-order valence-corrected chi connectivity index (χ4v) is 2.05. The number of fused-ring (bicyclic) bond motifs is 1. The molecule has 86 valence electrons. The molecule has 0 saturated heterocycles. The van der Waals surface area contributed by atoms with Crippen molar-refractivity contribution in [1.29, 1.82) is 0 Å². The summed E-state index contributed by atoms with van der Waals surface area (Å²) in [5.41, 5.74) is 8.82. The molecule has 2 N–H and O–H groups in total. The van der Waals surface area contributed by atoms with Crippen LogP contribution in [0.5, 0.6) is 0 Å². The van der Waals surface area contributed by atoms with E-state index in [4.69, 9.17) is 5.73 Å². The highest BCUT2D eigenvalue weighted by Gasteiger charge is 2.19. The van der Waals surface area contributed by atoms with Crippen LogP contribution in [0.3, 0.4) is 0 Å². The summed E-state index contributed by atoms with van der Waals surface area (Å²) in [4.78, 5) is 13.3. The van der Waals surface area contributed by atoms with E-state index in [0.717, 1.165) is 30.8 Å². The first kappa shape index (κ1) is 10.8. The molecular weight excluding hydrogens is 204 g/mol. The minimum atomic E-state index is -0.213. The van der Waals surface area contributed by atoms with Gasteiger partial charge in [0.1, 0.15) is 6.54 Å². The van der Waals surface area contributed by atoms with Gasteiger partial charge in [-0.15, -0.1) is 0 Å². The number of nitrogens with zero attached hydrogens (tertiary/aromatic N) is 1. The average Bonchev–Trinajstić information content (AvgIpc) is 2.29. The van der Waals surface area contributed by atoms with Crippen molar-refractivity contribution >= 4 is 17.3 Å². The van der Waals surface area contributed by atoms with E-state index in [9.17, 15) is 4.79 Å². The van der Waals surface area contributed by atoms with Crippen LogP contribution in [0, 0.1) is 0 Å². The summed E-state index contributed by atoms with van der Waals surface area (Å²) in [5, 5.41) is 0. The van der Waals surface area contributed by atoms with Gasteiger partial charge in [-0.05, 0) is 30.5 Å². The lowest BCUT2D eigenvalue weighted by Crippen LogP contribution is -2.34. The van der Waals surface area contributed by atoms with E-state index in [1.54, 1.807) is 0 Å². The van der Waals surface area contributed by atoms with E-state index in [-0.39, 0.29) is 5.97 Å². The van der Waals surface area contributed by atoms with Crippen molar-refractivity contribution in [2.75, 3.05) is 30.8 Å². The largest absolute Gasteiger partial charge is 0.468 e. The first-order valence-corrected chi connectivity index (χ1v) is 5.41. The first-order valence-electron chi connectivity index (χ1n) is 5.41. The summed E-state index contributed by atoms with van der Waals surface area (Å²) in [7, 11) is 1.41. The Hall–Kier alpha value is -1.71. The number of esters is 1. The molecule has 1 heterocycles. The van der Waals surface area contributed by atoms with Crippen LogP contribution in [-0.4, -0.2) is 26.2 Å². The van der Waals surface area contributed by atoms with Gasteiger partial charge < -0.3 is 15.4 Å². The molecule has 0 unspecified atom stereocenters. The molecule has 1 aliphatic rings. The number of nitrogens with two attached hydrogens (primary N) is 1.